The number of cyclic esters (lactones) is 1. The van der Waals surface area contributed by atoms with Crippen molar-refractivity contribution in [1.82, 2.24) is 0 Å². The highest BCUT2D eigenvalue weighted by molar-refractivity contribution is 6.08. The Bertz CT molecular complexity index is 1730. The quantitative estimate of drug-likeness (QED) is 0.0979. The van der Waals surface area contributed by atoms with Gasteiger partial charge >= 0.3 is 17.9 Å². The minimum absolute atomic E-state index is 0.508. The Labute approximate surface area is 248 Å². The van der Waals surface area contributed by atoms with Crippen molar-refractivity contribution < 1.29 is 89.5 Å². The SMILES string of the molecule is O=C(O[C@H]1O[C@@H]2COC(=O)c3cc(O)c(O)c(O)c3-c3c(cc(O)c(O)c3O)C(=O)O[C@H]([C@H]1O)[C@@H]2O)c1cc(O)c(O)c(O)c1. The summed E-state index contributed by atoms with van der Waals surface area (Å²) in [7, 11) is 0. The number of fused-ring (bicyclic) bond motifs is 5. The van der Waals surface area contributed by atoms with E-state index in [0.717, 1.165) is 0 Å². The van der Waals surface area contributed by atoms with Gasteiger partial charge in [0.05, 0.1) is 16.7 Å². The van der Waals surface area contributed by atoms with Crippen LogP contribution in [0.15, 0.2) is 24.3 Å². The zero-order valence-electron chi connectivity index (χ0n) is 22.2. The van der Waals surface area contributed by atoms with Gasteiger partial charge in [-0.3, -0.25) is 0 Å². The zero-order valence-corrected chi connectivity index (χ0v) is 22.2. The molecular formula is C27H22O18. The average molecular weight is 634 g/mol. The molecule has 0 saturated carbocycles. The Morgan fingerprint density at radius 1 is 0.667 bits per heavy atom. The van der Waals surface area contributed by atoms with Crippen LogP contribution in [0.3, 0.4) is 0 Å². The number of ether oxygens (including phenoxy) is 4. The fourth-order valence-corrected chi connectivity index (χ4v) is 4.71. The molecule has 45 heavy (non-hydrogen) atoms. The predicted octanol–water partition coefficient (Wildman–Crippen LogP) is -0.297. The van der Waals surface area contributed by atoms with Crippen molar-refractivity contribution in [2.75, 3.05) is 6.61 Å². The van der Waals surface area contributed by atoms with Crippen molar-refractivity contribution >= 4 is 17.9 Å². The fraction of sp³-hybridized carbons (Fsp3) is 0.222. The number of aliphatic hydroxyl groups excluding tert-OH is 2. The second kappa shape index (κ2) is 11.0. The summed E-state index contributed by atoms with van der Waals surface area (Å²) in [5.74, 6) is -14.5. The molecule has 2 bridgehead atoms. The number of hydrogen-bond acceptors (Lipinski definition) is 18. The fourth-order valence-electron chi connectivity index (χ4n) is 4.71. The Balaban J connectivity index is 1.61. The molecule has 1 saturated heterocycles. The number of aliphatic hydroxyl groups is 2. The van der Waals surface area contributed by atoms with E-state index in [1.54, 1.807) is 0 Å². The summed E-state index contributed by atoms with van der Waals surface area (Å²) in [6, 6.07) is 2.45. The van der Waals surface area contributed by atoms with Crippen LogP contribution in [0.2, 0.25) is 0 Å². The molecule has 5 atom stereocenters. The Morgan fingerprint density at radius 2 is 1.16 bits per heavy atom. The van der Waals surface area contributed by atoms with E-state index in [9.17, 15) is 70.6 Å². The molecule has 1 fully saturated rings. The smallest absolute Gasteiger partial charge is 0.340 e. The highest BCUT2D eigenvalue weighted by Gasteiger charge is 2.50. The summed E-state index contributed by atoms with van der Waals surface area (Å²) < 4.78 is 20.8. The Hall–Kier alpha value is -5.85. The molecule has 2 aliphatic rings. The third-order valence-corrected chi connectivity index (χ3v) is 6.99. The number of carbonyl (C=O) groups excluding carboxylic acids is 3. The van der Waals surface area contributed by atoms with E-state index in [-0.39, 0.29) is 0 Å². The number of aromatic hydroxyl groups is 9. The minimum atomic E-state index is -2.22. The zero-order chi connectivity index (χ0) is 33.1. The van der Waals surface area contributed by atoms with Crippen LogP contribution < -0.4 is 0 Å². The molecule has 18 heteroatoms. The molecule has 3 aromatic rings. The van der Waals surface area contributed by atoms with E-state index in [4.69, 9.17) is 18.9 Å². The third-order valence-electron chi connectivity index (χ3n) is 6.99. The molecule has 11 N–H and O–H groups in total. The van der Waals surface area contributed by atoms with Crippen molar-refractivity contribution in [1.29, 1.82) is 0 Å². The first kappa shape index (κ1) is 30.6. The van der Waals surface area contributed by atoms with Gasteiger partial charge < -0.3 is 75.1 Å². The van der Waals surface area contributed by atoms with E-state index in [2.05, 4.69) is 0 Å². The summed E-state index contributed by atoms with van der Waals surface area (Å²) >= 11 is 0. The molecule has 0 radical (unpaired) electrons. The van der Waals surface area contributed by atoms with Gasteiger partial charge in [-0.1, -0.05) is 0 Å². The van der Waals surface area contributed by atoms with Gasteiger partial charge in [0.15, 0.2) is 52.5 Å². The average Bonchev–Trinajstić information content (AvgIpc) is 2.99. The normalized spacial score (nSPS) is 22.9. The van der Waals surface area contributed by atoms with E-state index < -0.39 is 135 Å². The van der Waals surface area contributed by atoms with Gasteiger partial charge in [-0.2, -0.15) is 0 Å². The Morgan fingerprint density at radius 3 is 1.69 bits per heavy atom. The lowest BCUT2D eigenvalue weighted by Crippen LogP contribution is -2.61. The van der Waals surface area contributed by atoms with Crippen molar-refractivity contribution in [2.24, 2.45) is 0 Å². The molecule has 0 unspecified atom stereocenters. The van der Waals surface area contributed by atoms with Gasteiger partial charge in [0.2, 0.25) is 17.8 Å². The third kappa shape index (κ3) is 5.07. The van der Waals surface area contributed by atoms with Crippen molar-refractivity contribution in [3.63, 3.8) is 0 Å². The van der Waals surface area contributed by atoms with Crippen molar-refractivity contribution in [2.45, 2.75) is 30.7 Å². The van der Waals surface area contributed by atoms with Crippen LogP contribution in [-0.2, 0) is 18.9 Å². The van der Waals surface area contributed by atoms with Crippen LogP contribution in [0.25, 0.3) is 11.1 Å². The van der Waals surface area contributed by atoms with Crippen molar-refractivity contribution in [3.05, 3.63) is 41.0 Å². The molecule has 3 aromatic carbocycles. The number of rotatable bonds is 2. The van der Waals surface area contributed by atoms with E-state index in [1.165, 1.54) is 0 Å². The van der Waals surface area contributed by atoms with Gasteiger partial charge in [0, 0.05) is 11.1 Å². The lowest BCUT2D eigenvalue weighted by Gasteiger charge is -2.41. The molecule has 0 aromatic heterocycles. The van der Waals surface area contributed by atoms with Gasteiger partial charge in [-0.05, 0) is 24.3 Å². The van der Waals surface area contributed by atoms with E-state index >= 15 is 0 Å². The second-order valence-electron chi connectivity index (χ2n) is 9.79. The summed E-state index contributed by atoms with van der Waals surface area (Å²) in [6.45, 7) is -0.947. The molecular weight excluding hydrogens is 612 g/mol. The van der Waals surface area contributed by atoms with Gasteiger partial charge in [-0.25, -0.2) is 14.4 Å². The maximum absolute atomic E-state index is 13.5. The highest BCUT2D eigenvalue weighted by atomic mass is 16.7. The number of esters is 3. The molecule has 0 spiro atoms. The van der Waals surface area contributed by atoms with Crippen molar-refractivity contribution in [3.8, 4) is 62.9 Å². The maximum atomic E-state index is 13.5. The van der Waals surface area contributed by atoms with Gasteiger partial charge in [-0.15, -0.1) is 0 Å². The van der Waals surface area contributed by atoms with Crippen LogP contribution in [0.5, 0.6) is 51.7 Å². The second-order valence-corrected chi connectivity index (χ2v) is 9.79. The molecule has 5 rings (SSSR count). The van der Waals surface area contributed by atoms with E-state index in [0.29, 0.717) is 24.3 Å². The largest absolute Gasteiger partial charge is 0.504 e. The topological polar surface area (TPSA) is 311 Å². The van der Waals surface area contributed by atoms with Crippen LogP contribution >= 0.6 is 0 Å². The van der Waals surface area contributed by atoms with E-state index in [1.807, 2.05) is 0 Å². The summed E-state index contributed by atoms with van der Waals surface area (Å²) in [5.41, 5.74) is -4.12. The summed E-state index contributed by atoms with van der Waals surface area (Å²) in [6.07, 6.45) is -10.2. The maximum Gasteiger partial charge on any atom is 0.340 e. The minimum Gasteiger partial charge on any atom is -0.504 e. The lowest BCUT2D eigenvalue weighted by molar-refractivity contribution is -0.284. The highest BCUT2D eigenvalue weighted by Crippen LogP contribution is 2.53. The number of benzene rings is 3. The standard InChI is InChI=1S/C27H22O18/c28-9-1-6(2-10(29)16(9)32)24(39)45-27-22(38)23-19(35)13(43-27)5-42-25(40)7-3-11(30)17(33)20(36)14(7)15-8(26(41)44-23)4-12(31)18(34)21(15)37/h1-4,13,19,22-23,27-38H,5H2/t13-,19-,22-,23+,27-/m1/s1. The Kier molecular flexibility index (Phi) is 7.49. The first-order chi connectivity index (χ1) is 21.1. The van der Waals surface area contributed by atoms with Gasteiger partial charge in [0.1, 0.15) is 18.8 Å². The predicted molar refractivity (Wildman–Crippen MR) is 139 cm³/mol. The monoisotopic (exact) mass is 634 g/mol. The van der Waals surface area contributed by atoms with Crippen LogP contribution in [-0.4, -0.2) is 111 Å². The first-order valence-corrected chi connectivity index (χ1v) is 12.5. The van der Waals surface area contributed by atoms with Crippen LogP contribution in [0.4, 0.5) is 0 Å². The molecule has 238 valence electrons. The number of phenolic OH excluding ortho intramolecular Hbond substituents is 9. The summed E-state index contributed by atoms with van der Waals surface area (Å²) in [4.78, 5) is 39.4. The number of hydrogen-bond donors (Lipinski definition) is 11. The molecule has 18 nitrogen and oxygen atoms in total. The first-order valence-electron chi connectivity index (χ1n) is 12.5. The van der Waals surface area contributed by atoms with Crippen LogP contribution in [0.1, 0.15) is 31.1 Å². The lowest BCUT2D eigenvalue weighted by atomic mass is 9.91. The number of phenols is 9. The van der Waals surface area contributed by atoms with Gasteiger partial charge in [0.25, 0.3) is 0 Å². The molecule has 0 amide bonds. The van der Waals surface area contributed by atoms with Crippen LogP contribution in [0, 0.1) is 0 Å². The molecule has 2 aliphatic heterocycles. The molecule has 2 heterocycles. The number of carbonyl (C=O) groups is 3. The summed E-state index contributed by atoms with van der Waals surface area (Å²) in [5, 5.41) is 113. The molecule has 0 aliphatic carbocycles.